The summed E-state index contributed by atoms with van der Waals surface area (Å²) in [5, 5.41) is 3.01. The third-order valence-corrected chi connectivity index (χ3v) is 4.22. The van der Waals surface area contributed by atoms with E-state index in [0.717, 1.165) is 13.1 Å². The number of amides is 1. The number of rotatable bonds is 13. The van der Waals surface area contributed by atoms with Crippen LogP contribution in [0, 0.1) is 0 Å². The fraction of sp³-hybridized carbons (Fsp3) is 0.833. The second-order valence-corrected chi connectivity index (χ2v) is 6.33. The van der Waals surface area contributed by atoms with E-state index in [-0.39, 0.29) is 5.91 Å². The Kier molecular flexibility index (Phi) is 11.3. The van der Waals surface area contributed by atoms with Crippen LogP contribution in [-0.2, 0) is 4.79 Å². The summed E-state index contributed by atoms with van der Waals surface area (Å²) in [6, 6.07) is 0. The molecule has 0 fully saturated rings. The molecule has 0 spiro atoms. The van der Waals surface area contributed by atoms with Crippen molar-refractivity contribution in [3.63, 3.8) is 0 Å². The van der Waals surface area contributed by atoms with Crippen molar-refractivity contribution in [2.45, 2.75) is 66.2 Å². The smallest absolute Gasteiger partial charge is 0.246 e. The molecule has 0 heterocycles. The molecule has 0 unspecified atom stereocenters. The molecular formula is C18H37N2O+. The van der Waals surface area contributed by atoms with Crippen molar-refractivity contribution in [1.82, 2.24) is 5.32 Å². The normalized spacial score (nSPS) is 11.4. The summed E-state index contributed by atoms with van der Waals surface area (Å²) in [6.45, 7) is 17.8. The summed E-state index contributed by atoms with van der Waals surface area (Å²) >= 11 is 0. The second-order valence-electron chi connectivity index (χ2n) is 6.33. The van der Waals surface area contributed by atoms with Gasteiger partial charge in [0.15, 0.2) is 0 Å². The standard InChI is InChI=1S/C18H36N2O/c1-6-9-13-20(14-10-7-2,15-11-8-3)16-12-19-18(21)17(4)5/h4,6-16H2,1-3,5H3/p+1. The molecule has 0 aromatic rings. The Morgan fingerprint density at radius 1 is 0.905 bits per heavy atom. The highest BCUT2D eigenvalue weighted by Gasteiger charge is 2.25. The molecule has 1 amide bonds. The lowest BCUT2D eigenvalue weighted by Crippen LogP contribution is -2.53. The second kappa shape index (κ2) is 11.8. The molecule has 0 radical (unpaired) electrons. The summed E-state index contributed by atoms with van der Waals surface area (Å²) < 4.78 is 1.17. The van der Waals surface area contributed by atoms with Crippen molar-refractivity contribution in [2.75, 3.05) is 32.7 Å². The molecule has 21 heavy (non-hydrogen) atoms. The van der Waals surface area contributed by atoms with E-state index in [1.54, 1.807) is 6.92 Å². The number of hydrogen-bond acceptors (Lipinski definition) is 1. The molecule has 0 aliphatic carbocycles. The van der Waals surface area contributed by atoms with E-state index in [4.69, 9.17) is 0 Å². The monoisotopic (exact) mass is 297 g/mol. The van der Waals surface area contributed by atoms with Gasteiger partial charge in [-0.3, -0.25) is 4.79 Å². The van der Waals surface area contributed by atoms with Gasteiger partial charge < -0.3 is 9.80 Å². The number of nitrogens with one attached hydrogen (secondary N) is 1. The molecule has 0 rings (SSSR count). The number of quaternary nitrogens is 1. The number of carbonyl (C=O) groups excluding carboxylic acids is 1. The van der Waals surface area contributed by atoms with Crippen molar-refractivity contribution < 1.29 is 9.28 Å². The van der Waals surface area contributed by atoms with Gasteiger partial charge >= 0.3 is 0 Å². The molecule has 124 valence electrons. The number of nitrogens with zero attached hydrogens (tertiary/aromatic N) is 1. The van der Waals surface area contributed by atoms with Gasteiger partial charge in [0, 0.05) is 5.57 Å². The zero-order valence-electron chi connectivity index (χ0n) is 14.8. The molecular weight excluding hydrogens is 260 g/mol. The van der Waals surface area contributed by atoms with Crippen molar-refractivity contribution in [3.05, 3.63) is 12.2 Å². The molecule has 0 saturated heterocycles. The predicted molar refractivity (Wildman–Crippen MR) is 92.3 cm³/mol. The number of carbonyl (C=O) groups is 1. The zero-order chi connectivity index (χ0) is 16.1. The molecule has 0 atom stereocenters. The average molecular weight is 298 g/mol. The lowest BCUT2D eigenvalue weighted by Gasteiger charge is -2.39. The first kappa shape index (κ1) is 20.2. The summed E-state index contributed by atoms with van der Waals surface area (Å²) in [7, 11) is 0. The third kappa shape index (κ3) is 8.92. The van der Waals surface area contributed by atoms with Gasteiger partial charge in [-0.25, -0.2) is 0 Å². The quantitative estimate of drug-likeness (QED) is 0.405. The van der Waals surface area contributed by atoms with E-state index >= 15 is 0 Å². The minimum absolute atomic E-state index is 0.00502. The topological polar surface area (TPSA) is 29.1 Å². The van der Waals surface area contributed by atoms with Gasteiger partial charge in [-0.15, -0.1) is 0 Å². The predicted octanol–water partition coefficient (Wildman–Crippen LogP) is 3.90. The van der Waals surface area contributed by atoms with Crippen LogP contribution in [0.5, 0.6) is 0 Å². The Hall–Kier alpha value is -0.830. The van der Waals surface area contributed by atoms with E-state index in [2.05, 4.69) is 32.7 Å². The SMILES string of the molecule is C=C(C)C(=O)NCC[N+](CCCC)(CCCC)CCCC. The van der Waals surface area contributed by atoms with Gasteiger partial charge in [-0.05, 0) is 26.2 Å². The van der Waals surface area contributed by atoms with Crippen LogP contribution in [0.15, 0.2) is 12.2 Å². The van der Waals surface area contributed by atoms with Crippen LogP contribution in [0.4, 0.5) is 0 Å². The highest BCUT2D eigenvalue weighted by atomic mass is 16.1. The highest BCUT2D eigenvalue weighted by Crippen LogP contribution is 2.14. The minimum Gasteiger partial charge on any atom is -0.347 e. The highest BCUT2D eigenvalue weighted by molar-refractivity contribution is 5.91. The average Bonchev–Trinajstić information content (AvgIpc) is 2.48. The lowest BCUT2D eigenvalue weighted by atomic mass is 10.1. The van der Waals surface area contributed by atoms with E-state index in [9.17, 15) is 4.79 Å². The first-order valence-electron chi connectivity index (χ1n) is 8.80. The van der Waals surface area contributed by atoms with Crippen molar-refractivity contribution in [1.29, 1.82) is 0 Å². The molecule has 0 bridgehead atoms. The van der Waals surface area contributed by atoms with E-state index in [1.165, 1.54) is 62.6 Å². The Morgan fingerprint density at radius 3 is 1.67 bits per heavy atom. The van der Waals surface area contributed by atoms with Crippen LogP contribution in [0.3, 0.4) is 0 Å². The summed E-state index contributed by atoms with van der Waals surface area (Å²) in [6.07, 6.45) is 7.58. The van der Waals surface area contributed by atoms with Crippen LogP contribution in [0.1, 0.15) is 66.2 Å². The Balaban J connectivity index is 4.61. The lowest BCUT2D eigenvalue weighted by molar-refractivity contribution is -0.927. The van der Waals surface area contributed by atoms with Crippen molar-refractivity contribution in [3.8, 4) is 0 Å². The van der Waals surface area contributed by atoms with E-state index in [1.807, 2.05) is 0 Å². The van der Waals surface area contributed by atoms with Crippen molar-refractivity contribution >= 4 is 5.91 Å². The summed E-state index contributed by atoms with van der Waals surface area (Å²) in [4.78, 5) is 11.7. The minimum atomic E-state index is -0.00502. The molecule has 3 nitrogen and oxygen atoms in total. The van der Waals surface area contributed by atoms with Crippen LogP contribution >= 0.6 is 0 Å². The molecule has 0 aliphatic rings. The molecule has 0 aromatic heterocycles. The van der Waals surface area contributed by atoms with E-state index in [0.29, 0.717) is 5.57 Å². The van der Waals surface area contributed by atoms with Gasteiger partial charge in [0.1, 0.15) is 0 Å². The number of hydrogen-bond donors (Lipinski definition) is 1. The maximum Gasteiger partial charge on any atom is 0.246 e. The van der Waals surface area contributed by atoms with E-state index < -0.39 is 0 Å². The number of unbranched alkanes of at least 4 members (excludes halogenated alkanes) is 3. The fourth-order valence-electron chi connectivity index (χ4n) is 2.71. The molecule has 0 saturated carbocycles. The zero-order valence-corrected chi connectivity index (χ0v) is 14.8. The van der Waals surface area contributed by atoms with Crippen molar-refractivity contribution in [2.24, 2.45) is 0 Å². The van der Waals surface area contributed by atoms with Gasteiger partial charge in [0.25, 0.3) is 0 Å². The first-order valence-corrected chi connectivity index (χ1v) is 8.80. The first-order chi connectivity index (χ1) is 10.0. The Morgan fingerprint density at radius 2 is 1.33 bits per heavy atom. The summed E-state index contributed by atoms with van der Waals surface area (Å²) in [5.74, 6) is -0.00502. The van der Waals surface area contributed by atoms with Crippen LogP contribution in [0.25, 0.3) is 0 Å². The van der Waals surface area contributed by atoms with Crippen LogP contribution in [-0.4, -0.2) is 43.1 Å². The molecule has 3 heteroatoms. The van der Waals surface area contributed by atoms with Gasteiger partial charge in [0.2, 0.25) is 5.91 Å². The molecule has 0 aromatic carbocycles. The fourth-order valence-corrected chi connectivity index (χ4v) is 2.71. The molecule has 0 aliphatic heterocycles. The van der Waals surface area contributed by atoms with Gasteiger partial charge in [0.05, 0.1) is 32.7 Å². The Labute approximate surface area is 132 Å². The Bertz CT molecular complexity index is 278. The van der Waals surface area contributed by atoms with Crippen LogP contribution < -0.4 is 5.32 Å². The third-order valence-electron chi connectivity index (χ3n) is 4.22. The molecule has 1 N–H and O–H groups in total. The maximum atomic E-state index is 11.7. The van der Waals surface area contributed by atoms with Crippen LogP contribution in [0.2, 0.25) is 0 Å². The van der Waals surface area contributed by atoms with Gasteiger partial charge in [-0.2, -0.15) is 0 Å². The van der Waals surface area contributed by atoms with Gasteiger partial charge in [-0.1, -0.05) is 46.6 Å². The summed E-state index contributed by atoms with van der Waals surface area (Å²) in [5.41, 5.74) is 0.601. The maximum absolute atomic E-state index is 11.7. The largest absolute Gasteiger partial charge is 0.347 e.